The molecule has 0 bridgehead atoms. The number of ether oxygens (including phenoxy) is 1. The fraction of sp³-hybridized carbons (Fsp3) is 0.533. The molecule has 1 aromatic heterocycles. The molecule has 1 rings (SSSR count). The largest absolute Gasteiger partial charge is 0.461 e. The minimum atomic E-state index is -0.415. The van der Waals surface area contributed by atoms with Crippen molar-refractivity contribution in [1.82, 2.24) is 9.88 Å². The molecular weight excluding hydrogens is 256 g/mol. The summed E-state index contributed by atoms with van der Waals surface area (Å²) in [5.41, 5.74) is 3.19. The number of Topliss-reactive ketones (excluding diaryl/α,β-unsaturated/α-hetero) is 1. The highest BCUT2D eigenvalue weighted by molar-refractivity contribution is 5.89. The van der Waals surface area contributed by atoms with E-state index in [-0.39, 0.29) is 5.78 Å². The monoisotopic (exact) mass is 278 g/mol. The highest BCUT2D eigenvalue weighted by Crippen LogP contribution is 2.18. The number of esters is 1. The van der Waals surface area contributed by atoms with Gasteiger partial charge in [0.05, 0.1) is 13.2 Å². The van der Waals surface area contributed by atoms with Crippen LogP contribution >= 0.6 is 0 Å². The first-order valence-electron chi connectivity index (χ1n) is 6.67. The number of nitrogens with zero attached hydrogens (tertiary/aromatic N) is 2. The van der Waals surface area contributed by atoms with Crippen LogP contribution < -0.4 is 0 Å². The van der Waals surface area contributed by atoms with Gasteiger partial charge < -0.3 is 4.74 Å². The summed E-state index contributed by atoms with van der Waals surface area (Å²) >= 11 is 0. The van der Waals surface area contributed by atoms with Gasteiger partial charge in [0.2, 0.25) is 0 Å². The number of rotatable bonds is 6. The highest BCUT2D eigenvalue weighted by Gasteiger charge is 2.19. The van der Waals surface area contributed by atoms with Crippen molar-refractivity contribution >= 4 is 11.8 Å². The van der Waals surface area contributed by atoms with Crippen LogP contribution in [0, 0.1) is 13.8 Å². The van der Waals surface area contributed by atoms with Gasteiger partial charge in [-0.25, -0.2) is 9.78 Å². The maximum atomic E-state index is 12.0. The summed E-state index contributed by atoms with van der Waals surface area (Å²) in [6.07, 6.45) is 1.68. The van der Waals surface area contributed by atoms with Gasteiger partial charge in [0.1, 0.15) is 5.78 Å². The minimum Gasteiger partial charge on any atom is -0.461 e. The molecule has 20 heavy (non-hydrogen) atoms. The molecular formula is C15H22N2O3. The fourth-order valence-corrected chi connectivity index (χ4v) is 2.03. The van der Waals surface area contributed by atoms with E-state index in [0.29, 0.717) is 25.4 Å². The van der Waals surface area contributed by atoms with Gasteiger partial charge in [-0.15, -0.1) is 0 Å². The maximum absolute atomic E-state index is 12.0. The second kappa shape index (κ2) is 7.14. The van der Waals surface area contributed by atoms with Crippen LogP contribution in [-0.2, 0) is 16.1 Å². The number of hydrogen-bond donors (Lipinski definition) is 0. The average molecular weight is 278 g/mol. The summed E-state index contributed by atoms with van der Waals surface area (Å²) in [5.74, 6) is -0.328. The molecule has 5 heteroatoms. The van der Waals surface area contributed by atoms with E-state index in [1.54, 1.807) is 20.0 Å². The zero-order chi connectivity index (χ0) is 15.3. The number of ketones is 1. The van der Waals surface area contributed by atoms with Gasteiger partial charge >= 0.3 is 5.97 Å². The topological polar surface area (TPSA) is 59.5 Å². The van der Waals surface area contributed by atoms with E-state index < -0.39 is 5.97 Å². The zero-order valence-electron chi connectivity index (χ0n) is 12.8. The van der Waals surface area contributed by atoms with Gasteiger partial charge in [-0.3, -0.25) is 9.69 Å². The van der Waals surface area contributed by atoms with E-state index >= 15 is 0 Å². The Balaban J connectivity index is 3.10. The van der Waals surface area contributed by atoms with Crippen molar-refractivity contribution in [2.24, 2.45) is 0 Å². The molecule has 0 amide bonds. The molecule has 110 valence electrons. The lowest BCUT2D eigenvalue weighted by molar-refractivity contribution is -0.117. The predicted molar refractivity (Wildman–Crippen MR) is 76.7 cm³/mol. The van der Waals surface area contributed by atoms with Crippen molar-refractivity contribution in [1.29, 1.82) is 0 Å². The molecule has 0 fully saturated rings. The van der Waals surface area contributed by atoms with E-state index in [9.17, 15) is 9.59 Å². The third kappa shape index (κ3) is 4.13. The first kappa shape index (κ1) is 16.3. The summed E-state index contributed by atoms with van der Waals surface area (Å²) in [4.78, 5) is 29.2. The molecule has 0 radical (unpaired) electrons. The van der Waals surface area contributed by atoms with Crippen LogP contribution in [0.3, 0.4) is 0 Å². The van der Waals surface area contributed by atoms with E-state index in [0.717, 1.165) is 16.7 Å². The average Bonchev–Trinajstić information content (AvgIpc) is 2.34. The smallest absolute Gasteiger partial charge is 0.357 e. The molecule has 0 aliphatic rings. The Bertz CT molecular complexity index is 512. The third-order valence-corrected chi connectivity index (χ3v) is 3.11. The van der Waals surface area contributed by atoms with Crippen LogP contribution in [0.4, 0.5) is 0 Å². The molecule has 1 heterocycles. The van der Waals surface area contributed by atoms with Crippen molar-refractivity contribution in [3.63, 3.8) is 0 Å². The van der Waals surface area contributed by atoms with Gasteiger partial charge in [0.15, 0.2) is 5.69 Å². The number of aromatic nitrogens is 1. The Morgan fingerprint density at radius 1 is 1.35 bits per heavy atom. The molecule has 5 nitrogen and oxygen atoms in total. The first-order chi connectivity index (χ1) is 9.36. The molecule has 0 aromatic carbocycles. The maximum Gasteiger partial charge on any atom is 0.357 e. The second-order valence-corrected chi connectivity index (χ2v) is 4.99. The molecule has 0 saturated heterocycles. The SMILES string of the molecule is CCOC(=O)c1ncc(C)c(C)c1CN(C)CC(C)=O. The number of carbonyl (C=O) groups is 2. The molecule has 0 saturated carbocycles. The summed E-state index contributed by atoms with van der Waals surface area (Å²) in [6.45, 7) is 8.37. The van der Waals surface area contributed by atoms with Crippen molar-refractivity contribution in [3.05, 3.63) is 28.6 Å². The third-order valence-electron chi connectivity index (χ3n) is 3.11. The first-order valence-corrected chi connectivity index (χ1v) is 6.67. The quantitative estimate of drug-likeness (QED) is 0.744. The van der Waals surface area contributed by atoms with Crippen molar-refractivity contribution in [3.8, 4) is 0 Å². The lowest BCUT2D eigenvalue weighted by Crippen LogP contribution is -2.26. The van der Waals surface area contributed by atoms with Gasteiger partial charge in [-0.05, 0) is 45.9 Å². The van der Waals surface area contributed by atoms with Crippen molar-refractivity contribution in [2.75, 3.05) is 20.2 Å². The van der Waals surface area contributed by atoms with Gasteiger partial charge in [-0.1, -0.05) is 0 Å². The molecule has 0 aliphatic carbocycles. The van der Waals surface area contributed by atoms with Gasteiger partial charge in [-0.2, -0.15) is 0 Å². The number of hydrogen-bond acceptors (Lipinski definition) is 5. The zero-order valence-corrected chi connectivity index (χ0v) is 12.8. The van der Waals surface area contributed by atoms with E-state index in [1.807, 2.05) is 25.8 Å². The highest BCUT2D eigenvalue weighted by atomic mass is 16.5. The van der Waals surface area contributed by atoms with E-state index in [1.165, 1.54) is 0 Å². The Labute approximate surface area is 119 Å². The Morgan fingerprint density at radius 2 is 2.00 bits per heavy atom. The van der Waals surface area contributed by atoms with Crippen LogP contribution in [0.25, 0.3) is 0 Å². The van der Waals surface area contributed by atoms with E-state index in [4.69, 9.17) is 4.74 Å². The number of aryl methyl sites for hydroxylation is 1. The molecule has 0 aliphatic heterocycles. The Kier molecular flexibility index (Phi) is 5.82. The van der Waals surface area contributed by atoms with Crippen LogP contribution in [0.15, 0.2) is 6.20 Å². The van der Waals surface area contributed by atoms with E-state index in [2.05, 4.69) is 4.98 Å². The van der Waals surface area contributed by atoms with Crippen molar-refractivity contribution in [2.45, 2.75) is 34.2 Å². The van der Waals surface area contributed by atoms with Crippen LogP contribution in [0.5, 0.6) is 0 Å². The van der Waals surface area contributed by atoms with Gasteiger partial charge in [0, 0.05) is 18.3 Å². The number of carbonyl (C=O) groups excluding carboxylic acids is 2. The molecule has 0 unspecified atom stereocenters. The van der Waals surface area contributed by atoms with Crippen LogP contribution in [0.2, 0.25) is 0 Å². The summed E-state index contributed by atoms with van der Waals surface area (Å²) in [5, 5.41) is 0. The van der Waals surface area contributed by atoms with Gasteiger partial charge in [0.25, 0.3) is 0 Å². The molecule has 0 N–H and O–H groups in total. The van der Waals surface area contributed by atoms with Crippen LogP contribution in [-0.4, -0.2) is 41.8 Å². The summed E-state index contributed by atoms with van der Waals surface area (Å²) in [6, 6.07) is 0. The summed E-state index contributed by atoms with van der Waals surface area (Å²) < 4.78 is 5.04. The summed E-state index contributed by atoms with van der Waals surface area (Å²) in [7, 11) is 1.85. The number of likely N-dealkylation sites (N-methyl/N-ethyl adjacent to an activating group) is 1. The second-order valence-electron chi connectivity index (χ2n) is 4.99. The normalized spacial score (nSPS) is 10.7. The molecule has 0 spiro atoms. The molecule has 1 aromatic rings. The fourth-order valence-electron chi connectivity index (χ4n) is 2.03. The Morgan fingerprint density at radius 3 is 2.55 bits per heavy atom. The minimum absolute atomic E-state index is 0.0865. The lowest BCUT2D eigenvalue weighted by Gasteiger charge is -2.19. The Hall–Kier alpha value is -1.75. The number of pyridine rings is 1. The molecule has 0 atom stereocenters. The standard InChI is InChI=1S/C15H22N2O3/c1-6-20-15(19)14-13(9-17(5)8-11(3)18)12(4)10(2)7-16-14/h7H,6,8-9H2,1-5H3. The van der Waals surface area contributed by atoms with Crippen molar-refractivity contribution < 1.29 is 14.3 Å². The van der Waals surface area contributed by atoms with Crippen LogP contribution in [0.1, 0.15) is 41.0 Å². The predicted octanol–water partition coefficient (Wildman–Crippen LogP) is 1.90. The lowest BCUT2D eigenvalue weighted by atomic mass is 10.0.